The van der Waals surface area contributed by atoms with Crippen LogP contribution >= 0.6 is 11.6 Å². The monoisotopic (exact) mass is 379 g/mol. The molecule has 1 N–H and O–H groups in total. The third-order valence-electron chi connectivity index (χ3n) is 4.31. The largest absolute Gasteiger partial charge is 0.492 e. The Balaban J connectivity index is 1.89. The molecule has 1 atom stereocenters. The summed E-state index contributed by atoms with van der Waals surface area (Å²) >= 11 is 6.24. The second kappa shape index (κ2) is 8.74. The van der Waals surface area contributed by atoms with Crippen molar-refractivity contribution in [3.05, 3.63) is 100 Å². The predicted octanol–water partition coefficient (Wildman–Crippen LogP) is 5.57. The van der Waals surface area contributed by atoms with Crippen molar-refractivity contribution in [2.75, 3.05) is 6.61 Å². The van der Waals surface area contributed by atoms with Crippen molar-refractivity contribution < 1.29 is 9.53 Å². The molecular formula is C23H22ClNO2. The Labute approximate surface area is 164 Å². The maximum absolute atomic E-state index is 12.9. The molecule has 0 saturated heterocycles. The molecule has 0 radical (unpaired) electrons. The molecule has 0 saturated carbocycles. The van der Waals surface area contributed by atoms with Gasteiger partial charge in [-0.2, -0.15) is 0 Å². The maximum atomic E-state index is 12.9. The predicted molar refractivity (Wildman–Crippen MR) is 110 cm³/mol. The molecule has 3 nitrogen and oxygen atoms in total. The first-order valence-corrected chi connectivity index (χ1v) is 9.31. The molecule has 1 amide bonds. The van der Waals surface area contributed by atoms with Crippen LogP contribution in [-0.2, 0) is 0 Å². The molecular weight excluding hydrogens is 358 g/mol. The molecule has 3 rings (SSSR count). The van der Waals surface area contributed by atoms with Gasteiger partial charge >= 0.3 is 0 Å². The first-order valence-electron chi connectivity index (χ1n) is 8.93. The Morgan fingerprint density at radius 1 is 1.00 bits per heavy atom. The molecule has 27 heavy (non-hydrogen) atoms. The van der Waals surface area contributed by atoms with Gasteiger partial charge in [0, 0.05) is 5.56 Å². The van der Waals surface area contributed by atoms with Crippen LogP contribution < -0.4 is 10.1 Å². The standard InChI is InChI=1S/C23H22ClNO2/c1-3-27-21-14-13-19(15-20(21)24)23(26)25-22(17-7-5-4-6-8-17)18-11-9-16(2)10-12-18/h4-15,22H,3H2,1-2H3,(H,25,26). The number of carbonyl (C=O) groups is 1. The Morgan fingerprint density at radius 3 is 2.30 bits per heavy atom. The Kier molecular flexibility index (Phi) is 6.15. The number of carbonyl (C=O) groups excluding carboxylic acids is 1. The van der Waals surface area contributed by atoms with Gasteiger partial charge in [0.2, 0.25) is 0 Å². The molecule has 0 fully saturated rings. The summed E-state index contributed by atoms with van der Waals surface area (Å²) in [5.74, 6) is 0.392. The van der Waals surface area contributed by atoms with Gasteiger partial charge in [0.1, 0.15) is 5.75 Å². The average Bonchev–Trinajstić information content (AvgIpc) is 2.69. The van der Waals surface area contributed by atoms with E-state index >= 15 is 0 Å². The fraction of sp³-hybridized carbons (Fsp3) is 0.174. The number of benzene rings is 3. The highest BCUT2D eigenvalue weighted by Gasteiger charge is 2.18. The summed E-state index contributed by atoms with van der Waals surface area (Å²) in [6.45, 7) is 4.46. The van der Waals surface area contributed by atoms with Crippen molar-refractivity contribution in [3.63, 3.8) is 0 Å². The topological polar surface area (TPSA) is 38.3 Å². The summed E-state index contributed by atoms with van der Waals surface area (Å²) in [6.07, 6.45) is 0. The molecule has 0 aliphatic rings. The number of hydrogen-bond donors (Lipinski definition) is 1. The third kappa shape index (κ3) is 4.69. The highest BCUT2D eigenvalue weighted by Crippen LogP contribution is 2.27. The number of halogens is 1. The van der Waals surface area contributed by atoms with Crippen LogP contribution in [0.5, 0.6) is 5.75 Å². The van der Waals surface area contributed by atoms with Crippen molar-refractivity contribution in [1.82, 2.24) is 5.32 Å². The Morgan fingerprint density at radius 2 is 1.67 bits per heavy atom. The Bertz CT molecular complexity index is 907. The normalized spacial score (nSPS) is 11.7. The van der Waals surface area contributed by atoms with Crippen LogP contribution in [0.25, 0.3) is 0 Å². The van der Waals surface area contributed by atoms with Gasteiger partial charge in [0.25, 0.3) is 5.91 Å². The molecule has 138 valence electrons. The highest BCUT2D eigenvalue weighted by atomic mass is 35.5. The number of hydrogen-bond acceptors (Lipinski definition) is 2. The minimum Gasteiger partial charge on any atom is -0.492 e. The van der Waals surface area contributed by atoms with Gasteiger partial charge in [0.05, 0.1) is 17.7 Å². The van der Waals surface area contributed by atoms with Gasteiger partial charge in [-0.15, -0.1) is 0 Å². The summed E-state index contributed by atoms with van der Waals surface area (Å²) in [4.78, 5) is 12.9. The molecule has 4 heteroatoms. The van der Waals surface area contributed by atoms with Crippen LogP contribution in [0, 0.1) is 6.92 Å². The van der Waals surface area contributed by atoms with Crippen molar-refractivity contribution in [3.8, 4) is 5.75 Å². The first-order chi connectivity index (χ1) is 13.1. The zero-order chi connectivity index (χ0) is 19.2. The van der Waals surface area contributed by atoms with Gasteiger partial charge in [0.15, 0.2) is 0 Å². The fourth-order valence-corrected chi connectivity index (χ4v) is 3.13. The second-order valence-corrected chi connectivity index (χ2v) is 6.71. The van der Waals surface area contributed by atoms with Gasteiger partial charge in [-0.3, -0.25) is 4.79 Å². The van der Waals surface area contributed by atoms with E-state index in [1.54, 1.807) is 18.2 Å². The Hall–Kier alpha value is -2.78. The lowest BCUT2D eigenvalue weighted by Crippen LogP contribution is -2.29. The van der Waals surface area contributed by atoms with Gasteiger partial charge in [-0.25, -0.2) is 0 Å². The number of rotatable bonds is 6. The lowest BCUT2D eigenvalue weighted by molar-refractivity contribution is 0.0943. The van der Waals surface area contributed by atoms with Crippen LogP contribution in [0.15, 0.2) is 72.8 Å². The van der Waals surface area contributed by atoms with Crippen molar-refractivity contribution in [2.45, 2.75) is 19.9 Å². The zero-order valence-corrected chi connectivity index (χ0v) is 16.2. The number of ether oxygens (including phenoxy) is 1. The fourth-order valence-electron chi connectivity index (χ4n) is 2.89. The van der Waals surface area contributed by atoms with Crippen molar-refractivity contribution in [1.29, 1.82) is 0 Å². The molecule has 3 aromatic carbocycles. The van der Waals surface area contributed by atoms with Crippen LogP contribution in [0.1, 0.15) is 40.0 Å². The summed E-state index contributed by atoms with van der Waals surface area (Å²) < 4.78 is 5.44. The van der Waals surface area contributed by atoms with E-state index in [1.165, 1.54) is 5.56 Å². The average molecular weight is 380 g/mol. The first kappa shape index (κ1) is 19.0. The van der Waals surface area contributed by atoms with E-state index < -0.39 is 0 Å². The van der Waals surface area contributed by atoms with Crippen LogP contribution in [-0.4, -0.2) is 12.5 Å². The smallest absolute Gasteiger partial charge is 0.252 e. The van der Waals surface area contributed by atoms with E-state index in [-0.39, 0.29) is 11.9 Å². The van der Waals surface area contributed by atoms with Crippen LogP contribution in [0.3, 0.4) is 0 Å². The highest BCUT2D eigenvalue weighted by molar-refractivity contribution is 6.32. The van der Waals surface area contributed by atoms with Crippen molar-refractivity contribution >= 4 is 17.5 Å². The zero-order valence-electron chi connectivity index (χ0n) is 15.4. The van der Waals surface area contributed by atoms with E-state index in [0.29, 0.717) is 22.9 Å². The molecule has 0 spiro atoms. The molecule has 0 bridgehead atoms. The van der Waals surface area contributed by atoms with E-state index in [1.807, 2.05) is 68.4 Å². The van der Waals surface area contributed by atoms with Crippen LogP contribution in [0.2, 0.25) is 5.02 Å². The summed E-state index contributed by atoms with van der Waals surface area (Å²) in [5, 5.41) is 3.55. The van der Waals surface area contributed by atoms with Gasteiger partial charge in [-0.1, -0.05) is 71.8 Å². The lowest BCUT2D eigenvalue weighted by atomic mass is 9.97. The number of amides is 1. The van der Waals surface area contributed by atoms with E-state index in [0.717, 1.165) is 11.1 Å². The van der Waals surface area contributed by atoms with Crippen LogP contribution in [0.4, 0.5) is 0 Å². The maximum Gasteiger partial charge on any atom is 0.252 e. The van der Waals surface area contributed by atoms with Gasteiger partial charge in [-0.05, 0) is 43.2 Å². The quantitative estimate of drug-likeness (QED) is 0.608. The summed E-state index contributed by atoms with van der Waals surface area (Å²) in [5.41, 5.74) is 3.72. The SMILES string of the molecule is CCOc1ccc(C(=O)NC(c2ccccc2)c2ccc(C)cc2)cc1Cl. The number of aryl methyl sites for hydroxylation is 1. The molecule has 1 unspecified atom stereocenters. The molecule has 0 heterocycles. The van der Waals surface area contributed by atoms with E-state index in [2.05, 4.69) is 5.32 Å². The second-order valence-electron chi connectivity index (χ2n) is 6.31. The molecule has 0 aliphatic heterocycles. The minimum atomic E-state index is -0.246. The van der Waals surface area contributed by atoms with E-state index in [9.17, 15) is 4.79 Å². The third-order valence-corrected chi connectivity index (χ3v) is 4.61. The summed E-state index contributed by atoms with van der Waals surface area (Å²) in [6, 6.07) is 22.9. The molecule has 3 aromatic rings. The lowest BCUT2D eigenvalue weighted by Gasteiger charge is -2.20. The molecule has 0 aliphatic carbocycles. The van der Waals surface area contributed by atoms with Crippen molar-refractivity contribution in [2.24, 2.45) is 0 Å². The molecule has 0 aromatic heterocycles. The minimum absolute atomic E-state index is 0.186. The number of nitrogens with one attached hydrogen (secondary N) is 1. The summed E-state index contributed by atoms with van der Waals surface area (Å²) in [7, 11) is 0. The van der Waals surface area contributed by atoms with Gasteiger partial charge < -0.3 is 10.1 Å². The van der Waals surface area contributed by atoms with E-state index in [4.69, 9.17) is 16.3 Å².